The fourth-order valence-electron chi connectivity index (χ4n) is 5.63. The molecule has 0 aliphatic heterocycles. The number of nitrogens with one attached hydrogen (secondary N) is 1. The molecule has 5 unspecified atom stereocenters. The van der Waals surface area contributed by atoms with E-state index in [1.165, 1.54) is 32.2 Å². The summed E-state index contributed by atoms with van der Waals surface area (Å²) in [5.74, 6) is 5.53. The van der Waals surface area contributed by atoms with Crippen molar-refractivity contribution in [1.82, 2.24) is 5.32 Å². The van der Waals surface area contributed by atoms with E-state index in [0.717, 1.165) is 35.6 Å². The summed E-state index contributed by atoms with van der Waals surface area (Å²) >= 11 is 0. The predicted molar refractivity (Wildman–Crippen MR) is 75.3 cm³/mol. The van der Waals surface area contributed by atoms with Gasteiger partial charge in [-0.3, -0.25) is 0 Å². The Balaban J connectivity index is 1.50. The molecule has 0 spiro atoms. The van der Waals surface area contributed by atoms with Crippen molar-refractivity contribution in [2.75, 3.05) is 6.54 Å². The first-order chi connectivity index (χ1) is 8.90. The minimum absolute atomic E-state index is 0.769. The van der Waals surface area contributed by atoms with E-state index in [0.29, 0.717) is 0 Å². The molecule has 0 amide bonds. The SMILES string of the molecule is CCCNC(C1=CCCC1)C1C2C3CCC(C3)C21. The van der Waals surface area contributed by atoms with Crippen LogP contribution in [0.1, 0.15) is 51.9 Å². The Morgan fingerprint density at radius 1 is 1.28 bits per heavy atom. The molecule has 4 aliphatic rings. The second kappa shape index (κ2) is 4.37. The van der Waals surface area contributed by atoms with E-state index in [2.05, 4.69) is 18.3 Å². The van der Waals surface area contributed by atoms with Crippen LogP contribution in [0.5, 0.6) is 0 Å². The van der Waals surface area contributed by atoms with E-state index >= 15 is 0 Å². The predicted octanol–water partition coefficient (Wildman–Crippen LogP) is 3.76. The van der Waals surface area contributed by atoms with Crippen LogP contribution in [0, 0.1) is 29.6 Å². The fraction of sp³-hybridized carbons (Fsp3) is 0.882. The highest BCUT2D eigenvalue weighted by atomic mass is 15.0. The van der Waals surface area contributed by atoms with E-state index in [4.69, 9.17) is 0 Å². The van der Waals surface area contributed by atoms with Crippen LogP contribution >= 0.6 is 0 Å². The normalized spacial score (nSPS) is 46.1. The van der Waals surface area contributed by atoms with Crippen LogP contribution in [0.2, 0.25) is 0 Å². The minimum atomic E-state index is 0.769. The van der Waals surface area contributed by atoms with Gasteiger partial charge in [0.2, 0.25) is 0 Å². The zero-order chi connectivity index (χ0) is 12.1. The first kappa shape index (κ1) is 11.5. The van der Waals surface area contributed by atoms with Crippen LogP contribution in [-0.2, 0) is 0 Å². The lowest BCUT2D eigenvalue weighted by Crippen LogP contribution is -2.35. The summed E-state index contributed by atoms with van der Waals surface area (Å²) in [5, 5.41) is 3.90. The van der Waals surface area contributed by atoms with Gasteiger partial charge in [-0.15, -0.1) is 0 Å². The van der Waals surface area contributed by atoms with Crippen LogP contribution in [0.4, 0.5) is 0 Å². The monoisotopic (exact) mass is 245 g/mol. The molecule has 0 aromatic heterocycles. The zero-order valence-electron chi connectivity index (χ0n) is 11.7. The van der Waals surface area contributed by atoms with Crippen LogP contribution in [0.25, 0.3) is 0 Å². The van der Waals surface area contributed by atoms with Gasteiger partial charge in [-0.1, -0.05) is 18.6 Å². The Kier molecular flexibility index (Phi) is 2.80. The summed E-state index contributed by atoms with van der Waals surface area (Å²) in [6.45, 7) is 3.51. The van der Waals surface area contributed by atoms with Crippen LogP contribution in [-0.4, -0.2) is 12.6 Å². The molecule has 18 heavy (non-hydrogen) atoms. The second-order valence-electron chi connectivity index (χ2n) is 7.17. The standard InChI is InChI=1S/C17H27N/c1-2-9-18-17(11-5-3-4-6-11)16-14-12-7-8-13(10-12)15(14)16/h5,12-18H,2-4,6-10H2,1H3. The molecule has 5 atom stereocenters. The van der Waals surface area contributed by atoms with Gasteiger partial charge in [0.1, 0.15) is 0 Å². The molecule has 1 N–H and O–H groups in total. The molecule has 0 heterocycles. The van der Waals surface area contributed by atoms with Crippen molar-refractivity contribution in [3.63, 3.8) is 0 Å². The van der Waals surface area contributed by atoms with Gasteiger partial charge >= 0.3 is 0 Å². The Morgan fingerprint density at radius 2 is 2.06 bits per heavy atom. The first-order valence-corrected chi connectivity index (χ1v) is 8.32. The van der Waals surface area contributed by atoms with E-state index < -0.39 is 0 Å². The molecule has 0 radical (unpaired) electrons. The molecule has 0 aromatic carbocycles. The van der Waals surface area contributed by atoms with Crippen molar-refractivity contribution in [3.05, 3.63) is 11.6 Å². The number of hydrogen-bond donors (Lipinski definition) is 1. The van der Waals surface area contributed by atoms with Gasteiger partial charge in [0.25, 0.3) is 0 Å². The van der Waals surface area contributed by atoms with Crippen molar-refractivity contribution in [1.29, 1.82) is 0 Å². The largest absolute Gasteiger partial charge is 0.310 e. The maximum absolute atomic E-state index is 3.90. The summed E-state index contributed by atoms with van der Waals surface area (Å²) in [5.41, 5.74) is 1.78. The van der Waals surface area contributed by atoms with Gasteiger partial charge in [0.05, 0.1) is 0 Å². The molecule has 2 bridgehead atoms. The third kappa shape index (κ3) is 1.62. The smallest absolute Gasteiger partial charge is 0.0313 e. The number of allylic oxidation sites excluding steroid dienone is 1. The Labute approximate surface area is 111 Å². The average Bonchev–Trinajstić information content (AvgIpc) is 2.85. The number of rotatable bonds is 5. The van der Waals surface area contributed by atoms with Gasteiger partial charge in [-0.25, -0.2) is 0 Å². The highest BCUT2D eigenvalue weighted by Gasteiger charge is 2.66. The number of hydrogen-bond acceptors (Lipinski definition) is 1. The lowest BCUT2D eigenvalue weighted by atomic mass is 9.92. The lowest BCUT2D eigenvalue weighted by Gasteiger charge is -2.23. The molecule has 3 fully saturated rings. The summed E-state index contributed by atoms with van der Waals surface area (Å²) in [6.07, 6.45) is 12.7. The highest BCUT2D eigenvalue weighted by Crippen LogP contribution is 2.70. The molecule has 0 saturated heterocycles. The quantitative estimate of drug-likeness (QED) is 0.727. The van der Waals surface area contributed by atoms with Gasteiger partial charge in [0, 0.05) is 6.04 Å². The van der Waals surface area contributed by atoms with Crippen LogP contribution < -0.4 is 5.32 Å². The minimum Gasteiger partial charge on any atom is -0.310 e. The summed E-state index contributed by atoms with van der Waals surface area (Å²) in [4.78, 5) is 0. The van der Waals surface area contributed by atoms with Gasteiger partial charge in [-0.05, 0) is 81.1 Å². The molecule has 1 heteroatoms. The zero-order valence-corrected chi connectivity index (χ0v) is 11.7. The fourth-order valence-corrected chi connectivity index (χ4v) is 5.63. The molecule has 4 aliphatic carbocycles. The third-order valence-corrected chi connectivity index (χ3v) is 6.27. The molecule has 1 nitrogen and oxygen atoms in total. The molecule has 3 saturated carbocycles. The van der Waals surface area contributed by atoms with Crippen LogP contribution in [0.15, 0.2) is 11.6 Å². The van der Waals surface area contributed by atoms with Crippen molar-refractivity contribution >= 4 is 0 Å². The highest BCUT2D eigenvalue weighted by molar-refractivity contribution is 5.25. The lowest BCUT2D eigenvalue weighted by molar-refractivity contribution is 0.388. The Bertz CT molecular complexity index is 343. The maximum atomic E-state index is 3.90. The molecular formula is C17H27N. The molecule has 0 aromatic rings. The van der Waals surface area contributed by atoms with Gasteiger partial charge in [0.15, 0.2) is 0 Å². The molecule has 4 rings (SSSR count). The van der Waals surface area contributed by atoms with E-state index in [1.54, 1.807) is 24.8 Å². The van der Waals surface area contributed by atoms with Crippen molar-refractivity contribution in [3.8, 4) is 0 Å². The Hall–Kier alpha value is -0.300. The van der Waals surface area contributed by atoms with E-state index in [9.17, 15) is 0 Å². The van der Waals surface area contributed by atoms with E-state index in [-0.39, 0.29) is 0 Å². The van der Waals surface area contributed by atoms with E-state index in [1.807, 2.05) is 0 Å². The number of fused-ring (bicyclic) bond motifs is 5. The third-order valence-electron chi connectivity index (χ3n) is 6.27. The summed E-state index contributed by atoms with van der Waals surface area (Å²) < 4.78 is 0. The van der Waals surface area contributed by atoms with Gasteiger partial charge < -0.3 is 5.32 Å². The second-order valence-corrected chi connectivity index (χ2v) is 7.17. The molecule has 100 valence electrons. The van der Waals surface area contributed by atoms with Crippen molar-refractivity contribution in [2.45, 2.75) is 57.9 Å². The average molecular weight is 245 g/mol. The van der Waals surface area contributed by atoms with Crippen molar-refractivity contribution < 1.29 is 0 Å². The van der Waals surface area contributed by atoms with Crippen LogP contribution in [0.3, 0.4) is 0 Å². The maximum Gasteiger partial charge on any atom is 0.0313 e. The molecular weight excluding hydrogens is 218 g/mol. The van der Waals surface area contributed by atoms with Crippen molar-refractivity contribution in [2.24, 2.45) is 29.6 Å². The summed E-state index contributed by atoms with van der Waals surface area (Å²) in [7, 11) is 0. The first-order valence-electron chi connectivity index (χ1n) is 8.32. The Morgan fingerprint density at radius 3 is 2.67 bits per heavy atom. The topological polar surface area (TPSA) is 12.0 Å². The summed E-state index contributed by atoms with van der Waals surface area (Å²) in [6, 6.07) is 0.769. The van der Waals surface area contributed by atoms with Gasteiger partial charge in [-0.2, -0.15) is 0 Å².